The minimum absolute atomic E-state index is 0.701. The molecule has 0 saturated heterocycles. The molecule has 0 aliphatic rings. The fourth-order valence-electron chi connectivity index (χ4n) is 1.95. The minimum atomic E-state index is 0.701. The first-order chi connectivity index (χ1) is 9.29. The first-order valence-electron chi connectivity index (χ1n) is 6.61. The Labute approximate surface area is 114 Å². The standard InChI is InChI=1S/C16H20N2O/c1-3-19-16-6-4-5-14(9-16)11-18-12-15-7-8-17-10-13(15)2/h4-10,18H,3,11-12H2,1-2H3. The minimum Gasteiger partial charge on any atom is -0.494 e. The number of hydrogen-bond donors (Lipinski definition) is 1. The van der Waals surface area contributed by atoms with Gasteiger partial charge in [0.15, 0.2) is 0 Å². The topological polar surface area (TPSA) is 34.1 Å². The number of aryl methyl sites for hydroxylation is 1. The van der Waals surface area contributed by atoms with Crippen molar-refractivity contribution in [2.75, 3.05) is 6.61 Å². The summed E-state index contributed by atoms with van der Waals surface area (Å²) in [4.78, 5) is 4.10. The van der Waals surface area contributed by atoms with Gasteiger partial charge in [0.1, 0.15) is 5.75 Å². The predicted molar refractivity (Wildman–Crippen MR) is 77.1 cm³/mol. The van der Waals surface area contributed by atoms with E-state index >= 15 is 0 Å². The number of nitrogens with one attached hydrogen (secondary N) is 1. The number of nitrogens with zero attached hydrogens (tertiary/aromatic N) is 1. The van der Waals surface area contributed by atoms with Gasteiger partial charge in [-0.1, -0.05) is 12.1 Å². The zero-order valence-corrected chi connectivity index (χ0v) is 11.5. The molecule has 1 heterocycles. The van der Waals surface area contributed by atoms with E-state index in [1.807, 2.05) is 31.5 Å². The lowest BCUT2D eigenvalue weighted by Crippen LogP contribution is -2.13. The molecule has 0 amide bonds. The van der Waals surface area contributed by atoms with Crippen LogP contribution in [0, 0.1) is 6.92 Å². The summed E-state index contributed by atoms with van der Waals surface area (Å²) in [6.45, 7) is 6.47. The number of rotatable bonds is 6. The normalized spacial score (nSPS) is 10.4. The Bertz CT molecular complexity index is 526. The van der Waals surface area contributed by atoms with Crippen LogP contribution < -0.4 is 10.1 Å². The van der Waals surface area contributed by atoms with E-state index in [0.29, 0.717) is 6.61 Å². The van der Waals surface area contributed by atoms with Crippen molar-refractivity contribution in [2.45, 2.75) is 26.9 Å². The van der Waals surface area contributed by atoms with Gasteiger partial charge in [0.25, 0.3) is 0 Å². The summed E-state index contributed by atoms with van der Waals surface area (Å²) in [5, 5.41) is 3.44. The third kappa shape index (κ3) is 4.07. The van der Waals surface area contributed by atoms with E-state index in [2.05, 4.69) is 35.4 Å². The van der Waals surface area contributed by atoms with Gasteiger partial charge in [-0.2, -0.15) is 0 Å². The zero-order valence-electron chi connectivity index (χ0n) is 11.5. The Morgan fingerprint density at radius 2 is 2.11 bits per heavy atom. The summed E-state index contributed by atoms with van der Waals surface area (Å²) < 4.78 is 5.49. The van der Waals surface area contributed by atoms with E-state index in [9.17, 15) is 0 Å². The molecule has 1 aromatic heterocycles. The van der Waals surface area contributed by atoms with Crippen LogP contribution in [0.1, 0.15) is 23.6 Å². The maximum atomic E-state index is 5.49. The molecule has 0 aliphatic carbocycles. The Kier molecular flexibility index (Phi) is 4.93. The van der Waals surface area contributed by atoms with Gasteiger partial charge in [0.2, 0.25) is 0 Å². The van der Waals surface area contributed by atoms with Crippen molar-refractivity contribution in [1.82, 2.24) is 10.3 Å². The molecule has 1 N–H and O–H groups in total. The van der Waals surface area contributed by atoms with Crippen molar-refractivity contribution < 1.29 is 4.74 Å². The first-order valence-corrected chi connectivity index (χ1v) is 6.61. The van der Waals surface area contributed by atoms with Gasteiger partial charge in [-0.3, -0.25) is 4.98 Å². The van der Waals surface area contributed by atoms with E-state index in [1.165, 1.54) is 16.7 Å². The molecule has 2 rings (SSSR count). The Morgan fingerprint density at radius 3 is 2.89 bits per heavy atom. The van der Waals surface area contributed by atoms with E-state index in [-0.39, 0.29) is 0 Å². The number of aromatic nitrogens is 1. The highest BCUT2D eigenvalue weighted by Gasteiger charge is 1.99. The molecule has 19 heavy (non-hydrogen) atoms. The zero-order chi connectivity index (χ0) is 13.5. The van der Waals surface area contributed by atoms with Gasteiger partial charge < -0.3 is 10.1 Å². The molecule has 0 radical (unpaired) electrons. The van der Waals surface area contributed by atoms with Crippen LogP contribution in [0.2, 0.25) is 0 Å². The maximum absolute atomic E-state index is 5.49. The highest BCUT2D eigenvalue weighted by molar-refractivity contribution is 5.28. The predicted octanol–water partition coefficient (Wildman–Crippen LogP) is 3.08. The molecule has 0 fully saturated rings. The Morgan fingerprint density at radius 1 is 1.21 bits per heavy atom. The summed E-state index contributed by atoms with van der Waals surface area (Å²) >= 11 is 0. The molecular formula is C16H20N2O. The number of pyridine rings is 1. The number of hydrogen-bond acceptors (Lipinski definition) is 3. The Hall–Kier alpha value is -1.87. The molecule has 3 heteroatoms. The van der Waals surface area contributed by atoms with Gasteiger partial charge in [-0.15, -0.1) is 0 Å². The van der Waals surface area contributed by atoms with Crippen LogP contribution in [0.5, 0.6) is 5.75 Å². The van der Waals surface area contributed by atoms with E-state index in [1.54, 1.807) is 0 Å². The summed E-state index contributed by atoms with van der Waals surface area (Å²) in [6.07, 6.45) is 3.73. The SMILES string of the molecule is CCOc1cccc(CNCc2ccncc2C)c1. The average Bonchev–Trinajstić information content (AvgIpc) is 2.42. The van der Waals surface area contributed by atoms with Crippen LogP contribution in [0.15, 0.2) is 42.7 Å². The molecule has 100 valence electrons. The number of ether oxygens (including phenoxy) is 1. The van der Waals surface area contributed by atoms with E-state index in [4.69, 9.17) is 4.74 Å². The van der Waals surface area contributed by atoms with Gasteiger partial charge in [0.05, 0.1) is 6.61 Å². The second-order valence-corrected chi connectivity index (χ2v) is 4.49. The van der Waals surface area contributed by atoms with Crippen LogP contribution in [0.3, 0.4) is 0 Å². The quantitative estimate of drug-likeness (QED) is 0.862. The van der Waals surface area contributed by atoms with Crippen molar-refractivity contribution >= 4 is 0 Å². The lowest BCUT2D eigenvalue weighted by Gasteiger charge is -2.09. The molecule has 0 bridgehead atoms. The molecule has 0 saturated carbocycles. The molecule has 0 unspecified atom stereocenters. The highest BCUT2D eigenvalue weighted by atomic mass is 16.5. The van der Waals surface area contributed by atoms with Crippen molar-refractivity contribution in [3.63, 3.8) is 0 Å². The fraction of sp³-hybridized carbons (Fsp3) is 0.312. The molecule has 3 nitrogen and oxygen atoms in total. The van der Waals surface area contributed by atoms with E-state index in [0.717, 1.165) is 18.8 Å². The van der Waals surface area contributed by atoms with Gasteiger partial charge in [-0.05, 0) is 48.7 Å². The van der Waals surface area contributed by atoms with Gasteiger partial charge >= 0.3 is 0 Å². The summed E-state index contributed by atoms with van der Waals surface area (Å²) in [7, 11) is 0. The largest absolute Gasteiger partial charge is 0.494 e. The van der Waals surface area contributed by atoms with Gasteiger partial charge in [0, 0.05) is 25.5 Å². The van der Waals surface area contributed by atoms with Crippen LogP contribution in [-0.2, 0) is 13.1 Å². The second kappa shape index (κ2) is 6.90. The van der Waals surface area contributed by atoms with E-state index < -0.39 is 0 Å². The molecule has 2 aromatic rings. The first kappa shape index (κ1) is 13.6. The highest BCUT2D eigenvalue weighted by Crippen LogP contribution is 2.13. The molecule has 0 spiro atoms. The monoisotopic (exact) mass is 256 g/mol. The Balaban J connectivity index is 1.89. The third-order valence-electron chi connectivity index (χ3n) is 2.99. The van der Waals surface area contributed by atoms with Crippen LogP contribution in [0.4, 0.5) is 0 Å². The van der Waals surface area contributed by atoms with Crippen LogP contribution in [0.25, 0.3) is 0 Å². The lowest BCUT2D eigenvalue weighted by atomic mass is 10.1. The van der Waals surface area contributed by atoms with Crippen LogP contribution >= 0.6 is 0 Å². The molecule has 0 aliphatic heterocycles. The smallest absolute Gasteiger partial charge is 0.119 e. The molecule has 1 aromatic carbocycles. The summed E-state index contributed by atoms with van der Waals surface area (Å²) in [5.74, 6) is 0.932. The van der Waals surface area contributed by atoms with Crippen LogP contribution in [-0.4, -0.2) is 11.6 Å². The summed E-state index contributed by atoms with van der Waals surface area (Å²) in [6, 6.07) is 10.3. The summed E-state index contributed by atoms with van der Waals surface area (Å²) in [5.41, 5.74) is 3.74. The third-order valence-corrected chi connectivity index (χ3v) is 2.99. The molecular weight excluding hydrogens is 236 g/mol. The number of benzene rings is 1. The maximum Gasteiger partial charge on any atom is 0.119 e. The van der Waals surface area contributed by atoms with Crippen molar-refractivity contribution in [1.29, 1.82) is 0 Å². The van der Waals surface area contributed by atoms with Crippen molar-refractivity contribution in [3.8, 4) is 5.75 Å². The van der Waals surface area contributed by atoms with Crippen molar-refractivity contribution in [3.05, 3.63) is 59.4 Å². The average molecular weight is 256 g/mol. The molecule has 0 atom stereocenters. The fourth-order valence-corrected chi connectivity index (χ4v) is 1.95. The van der Waals surface area contributed by atoms with Gasteiger partial charge in [-0.25, -0.2) is 0 Å². The van der Waals surface area contributed by atoms with Crippen molar-refractivity contribution in [2.24, 2.45) is 0 Å². The second-order valence-electron chi connectivity index (χ2n) is 4.49. The lowest BCUT2D eigenvalue weighted by molar-refractivity contribution is 0.340.